The van der Waals surface area contributed by atoms with Crippen LogP contribution in [-0.4, -0.2) is 18.2 Å². The van der Waals surface area contributed by atoms with Gasteiger partial charge in [0.25, 0.3) is 5.91 Å². The zero-order valence-corrected chi connectivity index (χ0v) is 7.84. The molecular formula is C8H9NO3S. The molecule has 0 saturated carbocycles. The van der Waals surface area contributed by atoms with Crippen molar-refractivity contribution in [1.82, 2.24) is 5.48 Å². The Morgan fingerprint density at radius 3 is 2.85 bits per heavy atom. The Bertz CT molecular complexity index is 327. The molecule has 5 heteroatoms. The number of amides is 1. The lowest BCUT2D eigenvalue weighted by Gasteiger charge is -2.08. The molecule has 0 aliphatic rings. The van der Waals surface area contributed by atoms with Gasteiger partial charge in [-0.3, -0.25) is 10.0 Å². The lowest BCUT2D eigenvalue weighted by Crippen LogP contribution is -2.20. The Morgan fingerprint density at radius 1 is 1.62 bits per heavy atom. The highest BCUT2D eigenvalue weighted by Gasteiger charge is 2.14. The number of carbonyl (C=O) groups is 1. The number of ether oxygens (including phenoxy) is 1. The van der Waals surface area contributed by atoms with Gasteiger partial charge in [-0.15, -0.1) is 12.6 Å². The van der Waals surface area contributed by atoms with Crippen molar-refractivity contribution in [3.8, 4) is 5.75 Å². The van der Waals surface area contributed by atoms with Crippen LogP contribution in [0.5, 0.6) is 5.75 Å². The molecule has 1 rings (SSSR count). The molecule has 0 atom stereocenters. The molecule has 0 bridgehead atoms. The highest BCUT2D eigenvalue weighted by atomic mass is 32.1. The maximum atomic E-state index is 11.1. The third kappa shape index (κ3) is 1.93. The van der Waals surface area contributed by atoms with Crippen LogP contribution in [-0.2, 0) is 0 Å². The fourth-order valence-electron chi connectivity index (χ4n) is 0.974. The summed E-state index contributed by atoms with van der Waals surface area (Å²) in [6.45, 7) is 0. The summed E-state index contributed by atoms with van der Waals surface area (Å²) in [5.41, 5.74) is 1.75. The maximum Gasteiger partial charge on any atom is 0.279 e. The summed E-state index contributed by atoms with van der Waals surface area (Å²) < 4.78 is 4.93. The van der Waals surface area contributed by atoms with Crippen LogP contribution in [0.4, 0.5) is 0 Å². The minimum Gasteiger partial charge on any atom is -0.496 e. The molecule has 70 valence electrons. The van der Waals surface area contributed by atoms with Crippen LogP contribution in [0.15, 0.2) is 23.1 Å². The predicted octanol–water partition coefficient (Wildman–Crippen LogP) is 1.10. The van der Waals surface area contributed by atoms with Crippen LogP contribution in [0, 0.1) is 0 Å². The third-order valence-electron chi connectivity index (χ3n) is 1.55. The molecule has 0 spiro atoms. The zero-order valence-electron chi connectivity index (χ0n) is 6.94. The van der Waals surface area contributed by atoms with Crippen molar-refractivity contribution in [3.05, 3.63) is 23.8 Å². The van der Waals surface area contributed by atoms with Crippen molar-refractivity contribution in [2.75, 3.05) is 7.11 Å². The molecule has 1 aromatic rings. The van der Waals surface area contributed by atoms with Gasteiger partial charge in [0.15, 0.2) is 0 Å². The Morgan fingerprint density at radius 2 is 2.31 bits per heavy atom. The summed E-state index contributed by atoms with van der Waals surface area (Å²) in [4.78, 5) is 11.6. The van der Waals surface area contributed by atoms with E-state index < -0.39 is 5.91 Å². The molecule has 0 saturated heterocycles. The Kier molecular flexibility index (Phi) is 3.16. The number of nitrogens with one attached hydrogen (secondary N) is 1. The minimum absolute atomic E-state index is 0.218. The molecule has 4 nitrogen and oxygen atoms in total. The van der Waals surface area contributed by atoms with Gasteiger partial charge in [-0.25, -0.2) is 5.48 Å². The molecule has 1 aromatic carbocycles. The summed E-state index contributed by atoms with van der Waals surface area (Å²) in [6, 6.07) is 4.95. The molecule has 0 unspecified atom stereocenters. The molecule has 0 fully saturated rings. The first-order chi connectivity index (χ1) is 6.20. The van der Waals surface area contributed by atoms with E-state index in [-0.39, 0.29) is 5.56 Å². The van der Waals surface area contributed by atoms with Gasteiger partial charge in [-0.05, 0) is 12.1 Å². The SMILES string of the molecule is COc1cccc(S)c1C(=O)NO. The van der Waals surface area contributed by atoms with Crippen LogP contribution in [0.2, 0.25) is 0 Å². The maximum absolute atomic E-state index is 11.1. The van der Waals surface area contributed by atoms with Gasteiger partial charge in [0.1, 0.15) is 5.75 Å². The van der Waals surface area contributed by atoms with E-state index in [4.69, 9.17) is 9.94 Å². The van der Waals surface area contributed by atoms with Crippen molar-refractivity contribution >= 4 is 18.5 Å². The van der Waals surface area contributed by atoms with Crippen molar-refractivity contribution in [1.29, 1.82) is 0 Å². The Labute approximate surface area is 80.9 Å². The number of methoxy groups -OCH3 is 1. The summed E-state index contributed by atoms with van der Waals surface area (Å²) in [5, 5.41) is 8.44. The Hall–Kier alpha value is -1.20. The average molecular weight is 199 g/mol. The molecule has 0 aliphatic heterocycles. The van der Waals surface area contributed by atoms with Gasteiger partial charge in [-0.2, -0.15) is 0 Å². The topological polar surface area (TPSA) is 58.6 Å². The first-order valence-electron chi connectivity index (χ1n) is 3.51. The number of thiol groups is 1. The van der Waals surface area contributed by atoms with Crippen molar-refractivity contribution in [2.24, 2.45) is 0 Å². The molecule has 0 radical (unpaired) electrons. The number of hydrogen-bond acceptors (Lipinski definition) is 4. The van der Waals surface area contributed by atoms with Gasteiger partial charge in [0, 0.05) is 4.90 Å². The number of benzene rings is 1. The molecule has 1 amide bonds. The molecule has 2 N–H and O–H groups in total. The smallest absolute Gasteiger partial charge is 0.279 e. The van der Waals surface area contributed by atoms with Crippen LogP contribution in [0.1, 0.15) is 10.4 Å². The summed E-state index contributed by atoms with van der Waals surface area (Å²) in [7, 11) is 1.44. The second-order valence-corrected chi connectivity index (χ2v) is 2.78. The van der Waals surface area contributed by atoms with E-state index in [0.717, 1.165) is 0 Å². The summed E-state index contributed by atoms with van der Waals surface area (Å²) in [6.07, 6.45) is 0. The molecular weight excluding hydrogens is 190 g/mol. The van der Waals surface area contributed by atoms with Crippen LogP contribution in [0.3, 0.4) is 0 Å². The average Bonchev–Trinajstić information content (AvgIpc) is 2.16. The van der Waals surface area contributed by atoms with Crippen molar-refractivity contribution < 1.29 is 14.7 Å². The predicted molar refractivity (Wildman–Crippen MR) is 49.5 cm³/mol. The zero-order chi connectivity index (χ0) is 9.84. The second kappa shape index (κ2) is 4.15. The second-order valence-electron chi connectivity index (χ2n) is 2.30. The minimum atomic E-state index is -0.637. The largest absolute Gasteiger partial charge is 0.496 e. The highest BCUT2D eigenvalue weighted by molar-refractivity contribution is 7.80. The number of rotatable bonds is 2. The first kappa shape index (κ1) is 9.88. The van der Waals surface area contributed by atoms with E-state index >= 15 is 0 Å². The fourth-order valence-corrected chi connectivity index (χ4v) is 1.27. The van der Waals surface area contributed by atoms with Gasteiger partial charge in [0.2, 0.25) is 0 Å². The first-order valence-corrected chi connectivity index (χ1v) is 3.95. The standard InChI is InChI=1S/C8H9NO3S/c1-12-5-3-2-4-6(13)7(5)8(10)9-11/h2-4,11,13H,1H3,(H,9,10). The molecule has 0 aromatic heterocycles. The van der Waals surface area contributed by atoms with E-state index in [1.54, 1.807) is 18.2 Å². The van der Waals surface area contributed by atoms with Crippen LogP contribution >= 0.6 is 12.6 Å². The van der Waals surface area contributed by atoms with Gasteiger partial charge < -0.3 is 4.74 Å². The summed E-state index contributed by atoms with van der Waals surface area (Å²) >= 11 is 4.06. The van der Waals surface area contributed by atoms with E-state index in [1.165, 1.54) is 12.6 Å². The van der Waals surface area contributed by atoms with Crippen LogP contribution < -0.4 is 10.2 Å². The molecule has 13 heavy (non-hydrogen) atoms. The monoisotopic (exact) mass is 199 g/mol. The van der Waals surface area contributed by atoms with Gasteiger partial charge >= 0.3 is 0 Å². The van der Waals surface area contributed by atoms with E-state index in [1.807, 2.05) is 0 Å². The quantitative estimate of drug-likeness (QED) is 0.380. The lowest BCUT2D eigenvalue weighted by atomic mass is 10.2. The van der Waals surface area contributed by atoms with Gasteiger partial charge in [-0.1, -0.05) is 6.07 Å². The van der Waals surface area contributed by atoms with E-state index in [2.05, 4.69) is 12.6 Å². The third-order valence-corrected chi connectivity index (χ3v) is 1.93. The summed E-state index contributed by atoms with van der Waals surface area (Å²) in [5.74, 6) is -0.262. The lowest BCUT2D eigenvalue weighted by molar-refractivity contribution is 0.0699. The van der Waals surface area contributed by atoms with Crippen molar-refractivity contribution in [2.45, 2.75) is 4.90 Å². The van der Waals surface area contributed by atoms with E-state index in [9.17, 15) is 4.79 Å². The number of hydroxylamine groups is 1. The highest BCUT2D eigenvalue weighted by Crippen LogP contribution is 2.24. The fraction of sp³-hybridized carbons (Fsp3) is 0.125. The van der Waals surface area contributed by atoms with Crippen molar-refractivity contribution in [3.63, 3.8) is 0 Å². The molecule has 0 heterocycles. The van der Waals surface area contributed by atoms with Gasteiger partial charge in [0.05, 0.1) is 12.7 Å². The molecule has 0 aliphatic carbocycles. The van der Waals surface area contributed by atoms with E-state index in [0.29, 0.717) is 10.6 Å². The normalized spacial score (nSPS) is 9.46. The van der Waals surface area contributed by atoms with Crippen LogP contribution in [0.25, 0.3) is 0 Å². The number of carbonyl (C=O) groups excluding carboxylic acids is 1. The number of hydrogen-bond donors (Lipinski definition) is 3. The Balaban J connectivity index is 3.22.